The van der Waals surface area contributed by atoms with E-state index in [9.17, 15) is 0 Å². The predicted molar refractivity (Wildman–Crippen MR) is 60.5 cm³/mol. The first-order chi connectivity index (χ1) is 7.36. The molecule has 1 nitrogen and oxygen atoms in total. The first kappa shape index (κ1) is 9.02. The molecule has 15 heavy (non-hydrogen) atoms. The van der Waals surface area contributed by atoms with E-state index in [0.717, 1.165) is 5.76 Å². The monoisotopic (exact) mass is 200 g/mol. The van der Waals surface area contributed by atoms with E-state index in [1.165, 1.54) is 30.4 Å². The highest BCUT2D eigenvalue weighted by molar-refractivity contribution is 5.34. The van der Waals surface area contributed by atoms with Crippen LogP contribution in [-0.2, 0) is 11.3 Å². The fourth-order valence-corrected chi connectivity index (χ4v) is 3.02. The highest BCUT2D eigenvalue weighted by Gasteiger charge is 2.34. The summed E-state index contributed by atoms with van der Waals surface area (Å²) in [6, 6.07) is 8.69. The lowest BCUT2D eigenvalue weighted by molar-refractivity contribution is 0.171. The number of fused-ring (bicyclic) bond motifs is 3. The Balaban J connectivity index is 2.08. The van der Waals surface area contributed by atoms with Gasteiger partial charge in [0.1, 0.15) is 6.61 Å². The van der Waals surface area contributed by atoms with E-state index in [2.05, 4.69) is 30.8 Å². The number of benzene rings is 1. The van der Waals surface area contributed by atoms with Crippen molar-refractivity contribution in [2.24, 2.45) is 5.92 Å². The first-order valence-electron chi connectivity index (χ1n) is 5.75. The highest BCUT2D eigenvalue weighted by atomic mass is 16.5. The van der Waals surface area contributed by atoms with Crippen molar-refractivity contribution in [2.45, 2.75) is 31.8 Å². The Morgan fingerprint density at radius 2 is 1.93 bits per heavy atom. The van der Waals surface area contributed by atoms with Crippen molar-refractivity contribution in [3.8, 4) is 0 Å². The molecule has 1 heteroatoms. The molecule has 1 aromatic rings. The van der Waals surface area contributed by atoms with Gasteiger partial charge in [0.05, 0.1) is 5.76 Å². The van der Waals surface area contributed by atoms with E-state index in [1.54, 1.807) is 0 Å². The number of hydrogen-bond donors (Lipinski definition) is 0. The Morgan fingerprint density at radius 1 is 1.13 bits per heavy atom. The van der Waals surface area contributed by atoms with Crippen LogP contribution in [0.5, 0.6) is 0 Å². The molecule has 0 saturated heterocycles. The minimum absolute atomic E-state index is 0.564. The molecule has 1 aliphatic heterocycles. The third-order valence-electron chi connectivity index (χ3n) is 3.80. The molecule has 2 atom stereocenters. The Labute approximate surface area is 90.8 Å². The average Bonchev–Trinajstić information content (AvgIpc) is 2.71. The summed E-state index contributed by atoms with van der Waals surface area (Å²) < 4.78 is 5.75. The van der Waals surface area contributed by atoms with Crippen LogP contribution >= 0.6 is 0 Å². The van der Waals surface area contributed by atoms with Crippen molar-refractivity contribution >= 4 is 0 Å². The minimum atomic E-state index is 0.564. The molecule has 0 spiro atoms. The Hall–Kier alpha value is -1.24. The zero-order valence-corrected chi connectivity index (χ0v) is 8.91. The van der Waals surface area contributed by atoms with Crippen LogP contribution in [0.2, 0.25) is 0 Å². The molecule has 3 rings (SSSR count). The van der Waals surface area contributed by atoms with E-state index >= 15 is 0 Å². The second-order valence-electron chi connectivity index (χ2n) is 4.60. The number of rotatable bonds is 0. The number of hydrogen-bond acceptors (Lipinski definition) is 1. The molecule has 1 saturated carbocycles. The van der Waals surface area contributed by atoms with Gasteiger partial charge in [-0.1, -0.05) is 37.3 Å². The first-order valence-corrected chi connectivity index (χ1v) is 5.75. The summed E-state index contributed by atoms with van der Waals surface area (Å²) in [4.78, 5) is 0. The van der Waals surface area contributed by atoms with E-state index in [1.807, 2.05) is 0 Å². The van der Waals surface area contributed by atoms with Crippen molar-refractivity contribution in [2.75, 3.05) is 0 Å². The Bertz CT molecular complexity index is 394. The SMILES string of the molecule is C=C1OCc2ccccc2C2CCCC12. The van der Waals surface area contributed by atoms with Crippen LogP contribution in [0.25, 0.3) is 0 Å². The van der Waals surface area contributed by atoms with E-state index in [4.69, 9.17) is 4.74 Å². The summed E-state index contributed by atoms with van der Waals surface area (Å²) in [5.41, 5.74) is 2.85. The fraction of sp³-hybridized carbons (Fsp3) is 0.429. The minimum Gasteiger partial charge on any atom is -0.494 e. The van der Waals surface area contributed by atoms with Gasteiger partial charge in [0, 0.05) is 5.92 Å². The standard InChI is InChI=1S/C14H16O/c1-10-12-7-4-8-14(12)13-6-3-2-5-11(13)9-15-10/h2-3,5-6,12,14H,1,4,7-9H2. The van der Waals surface area contributed by atoms with Crippen LogP contribution in [-0.4, -0.2) is 0 Å². The average molecular weight is 200 g/mol. The maximum atomic E-state index is 5.75. The van der Waals surface area contributed by atoms with Gasteiger partial charge in [0.15, 0.2) is 0 Å². The molecule has 0 radical (unpaired) electrons. The van der Waals surface area contributed by atoms with Gasteiger partial charge >= 0.3 is 0 Å². The molecule has 1 aliphatic carbocycles. The van der Waals surface area contributed by atoms with E-state index in [-0.39, 0.29) is 0 Å². The maximum absolute atomic E-state index is 5.75. The lowest BCUT2D eigenvalue weighted by Gasteiger charge is -2.18. The summed E-state index contributed by atoms with van der Waals surface area (Å²) in [5.74, 6) is 2.23. The summed E-state index contributed by atoms with van der Waals surface area (Å²) in [5, 5.41) is 0. The number of ether oxygens (including phenoxy) is 1. The van der Waals surface area contributed by atoms with Gasteiger partial charge < -0.3 is 4.74 Å². The van der Waals surface area contributed by atoms with Gasteiger partial charge in [0.25, 0.3) is 0 Å². The van der Waals surface area contributed by atoms with Gasteiger partial charge in [-0.15, -0.1) is 0 Å². The largest absolute Gasteiger partial charge is 0.494 e. The van der Waals surface area contributed by atoms with Crippen LogP contribution < -0.4 is 0 Å². The van der Waals surface area contributed by atoms with Crippen molar-refractivity contribution in [1.82, 2.24) is 0 Å². The Morgan fingerprint density at radius 3 is 2.87 bits per heavy atom. The third kappa shape index (κ3) is 1.38. The second kappa shape index (κ2) is 3.41. The van der Waals surface area contributed by atoms with Gasteiger partial charge in [-0.25, -0.2) is 0 Å². The maximum Gasteiger partial charge on any atom is 0.113 e. The van der Waals surface area contributed by atoms with Crippen molar-refractivity contribution in [1.29, 1.82) is 0 Å². The van der Waals surface area contributed by atoms with Crippen molar-refractivity contribution in [3.63, 3.8) is 0 Å². The quantitative estimate of drug-likeness (QED) is 0.621. The van der Waals surface area contributed by atoms with Crippen LogP contribution in [0.4, 0.5) is 0 Å². The van der Waals surface area contributed by atoms with Gasteiger partial charge in [0.2, 0.25) is 0 Å². The topological polar surface area (TPSA) is 9.23 Å². The molecular formula is C14H16O. The lowest BCUT2D eigenvalue weighted by atomic mass is 9.86. The molecule has 0 N–H and O–H groups in total. The highest BCUT2D eigenvalue weighted by Crippen LogP contribution is 2.46. The van der Waals surface area contributed by atoms with Crippen LogP contribution in [0.1, 0.15) is 36.3 Å². The second-order valence-corrected chi connectivity index (χ2v) is 4.60. The van der Waals surface area contributed by atoms with Gasteiger partial charge in [-0.3, -0.25) is 0 Å². The Kier molecular flexibility index (Phi) is 2.05. The molecule has 0 bridgehead atoms. The van der Waals surface area contributed by atoms with Crippen LogP contribution in [0.15, 0.2) is 36.6 Å². The van der Waals surface area contributed by atoms with Crippen molar-refractivity contribution < 1.29 is 4.74 Å². The van der Waals surface area contributed by atoms with Gasteiger partial charge in [-0.2, -0.15) is 0 Å². The van der Waals surface area contributed by atoms with Crippen LogP contribution in [0, 0.1) is 5.92 Å². The summed E-state index contributed by atoms with van der Waals surface area (Å²) in [7, 11) is 0. The number of allylic oxidation sites excluding steroid dienone is 1. The fourth-order valence-electron chi connectivity index (χ4n) is 3.02. The summed E-state index contributed by atoms with van der Waals surface area (Å²) in [6.45, 7) is 4.79. The molecule has 0 amide bonds. The molecular weight excluding hydrogens is 184 g/mol. The molecule has 1 heterocycles. The van der Waals surface area contributed by atoms with Crippen molar-refractivity contribution in [3.05, 3.63) is 47.7 Å². The molecule has 1 aromatic carbocycles. The molecule has 2 aliphatic rings. The molecule has 0 aromatic heterocycles. The molecule has 1 fully saturated rings. The molecule has 78 valence electrons. The summed E-state index contributed by atoms with van der Waals surface area (Å²) in [6.07, 6.45) is 3.86. The lowest BCUT2D eigenvalue weighted by Crippen LogP contribution is -2.07. The van der Waals surface area contributed by atoms with E-state index < -0.39 is 0 Å². The van der Waals surface area contributed by atoms with Crippen LogP contribution in [0.3, 0.4) is 0 Å². The van der Waals surface area contributed by atoms with E-state index in [0.29, 0.717) is 18.4 Å². The normalized spacial score (nSPS) is 28.9. The van der Waals surface area contributed by atoms with Gasteiger partial charge in [-0.05, 0) is 29.9 Å². The smallest absolute Gasteiger partial charge is 0.113 e. The zero-order valence-electron chi connectivity index (χ0n) is 8.91. The molecule has 2 unspecified atom stereocenters. The third-order valence-corrected chi connectivity index (χ3v) is 3.80. The zero-order chi connectivity index (χ0) is 10.3. The predicted octanol–water partition coefficient (Wildman–Crippen LogP) is 3.61. The summed E-state index contributed by atoms with van der Waals surface area (Å²) >= 11 is 0.